The Hall–Kier alpha value is -2.30. The Morgan fingerprint density at radius 3 is 2.96 bits per heavy atom. The van der Waals surface area contributed by atoms with Crippen molar-refractivity contribution in [2.24, 2.45) is 12.0 Å². The summed E-state index contributed by atoms with van der Waals surface area (Å²) < 4.78 is 1.89. The molecule has 0 bridgehead atoms. The third-order valence-electron chi connectivity index (χ3n) is 5.15. The lowest BCUT2D eigenvalue weighted by Gasteiger charge is -2.22. The Kier molecular flexibility index (Phi) is 5.96. The fourth-order valence-corrected chi connectivity index (χ4v) is 3.61. The van der Waals surface area contributed by atoms with Crippen molar-refractivity contribution in [3.63, 3.8) is 0 Å². The molecule has 1 saturated heterocycles. The number of hydrogen-bond acceptors (Lipinski definition) is 2. The minimum absolute atomic E-state index is 0.417. The number of benzene rings is 1. The SMILES string of the molecule is CCNC(=NCC(C)c1cccc(C)c1)N1CCC(c2cnn(C)c2)C1. The highest BCUT2D eigenvalue weighted by atomic mass is 15.3. The molecular weight excluding hydrogens is 322 g/mol. The maximum atomic E-state index is 4.95. The van der Waals surface area contributed by atoms with Gasteiger partial charge in [-0.2, -0.15) is 5.10 Å². The number of hydrogen-bond donors (Lipinski definition) is 1. The standard InChI is InChI=1S/C21H31N5/c1-5-22-21(23-12-17(3)18-8-6-7-16(2)11-18)26-10-9-19(15-26)20-13-24-25(4)14-20/h6-8,11,13-14,17,19H,5,9-10,12,15H2,1-4H3,(H,22,23). The van der Waals surface area contributed by atoms with Gasteiger partial charge in [0.2, 0.25) is 0 Å². The van der Waals surface area contributed by atoms with Crippen LogP contribution >= 0.6 is 0 Å². The molecule has 5 heteroatoms. The number of aryl methyl sites for hydroxylation is 2. The zero-order chi connectivity index (χ0) is 18.5. The summed E-state index contributed by atoms with van der Waals surface area (Å²) >= 11 is 0. The summed E-state index contributed by atoms with van der Waals surface area (Å²) in [4.78, 5) is 7.34. The van der Waals surface area contributed by atoms with Crippen molar-refractivity contribution < 1.29 is 0 Å². The summed E-state index contributed by atoms with van der Waals surface area (Å²) in [6.07, 6.45) is 5.29. The van der Waals surface area contributed by atoms with Crippen LogP contribution in [0.4, 0.5) is 0 Å². The number of aromatic nitrogens is 2. The van der Waals surface area contributed by atoms with Crippen LogP contribution in [0.15, 0.2) is 41.7 Å². The van der Waals surface area contributed by atoms with E-state index in [2.05, 4.69) is 66.5 Å². The topological polar surface area (TPSA) is 45.5 Å². The molecule has 1 aromatic heterocycles. The van der Waals surface area contributed by atoms with Gasteiger partial charge >= 0.3 is 0 Å². The van der Waals surface area contributed by atoms with Crippen LogP contribution in [0.2, 0.25) is 0 Å². The smallest absolute Gasteiger partial charge is 0.193 e. The number of likely N-dealkylation sites (tertiary alicyclic amines) is 1. The molecule has 2 heterocycles. The molecule has 0 aliphatic carbocycles. The lowest BCUT2D eigenvalue weighted by Crippen LogP contribution is -2.40. The summed E-state index contributed by atoms with van der Waals surface area (Å²) in [5.41, 5.74) is 4.00. The first kappa shape index (κ1) is 18.5. The molecule has 0 spiro atoms. The zero-order valence-corrected chi connectivity index (χ0v) is 16.4. The van der Waals surface area contributed by atoms with Crippen molar-refractivity contribution >= 4 is 5.96 Å². The van der Waals surface area contributed by atoms with Gasteiger partial charge in [0.25, 0.3) is 0 Å². The van der Waals surface area contributed by atoms with Gasteiger partial charge in [0.15, 0.2) is 5.96 Å². The lowest BCUT2D eigenvalue weighted by molar-refractivity contribution is 0.485. The molecule has 1 aliphatic rings. The van der Waals surface area contributed by atoms with E-state index in [0.29, 0.717) is 11.8 Å². The van der Waals surface area contributed by atoms with Gasteiger partial charge < -0.3 is 10.2 Å². The maximum absolute atomic E-state index is 4.95. The molecule has 1 aromatic carbocycles. The molecule has 0 radical (unpaired) electrons. The minimum Gasteiger partial charge on any atom is -0.357 e. The average molecular weight is 354 g/mol. The number of nitrogens with zero attached hydrogens (tertiary/aromatic N) is 4. The number of guanidine groups is 1. The Labute approximate surface area is 157 Å². The first-order chi connectivity index (χ1) is 12.6. The number of aliphatic imine (C=N–C) groups is 1. The van der Waals surface area contributed by atoms with Crippen LogP contribution in [0.25, 0.3) is 0 Å². The summed E-state index contributed by atoms with van der Waals surface area (Å²) in [5, 5.41) is 7.79. The summed E-state index contributed by atoms with van der Waals surface area (Å²) in [6.45, 7) is 10.3. The van der Waals surface area contributed by atoms with Crippen LogP contribution < -0.4 is 5.32 Å². The normalized spacial score (nSPS) is 19.0. The van der Waals surface area contributed by atoms with Gasteiger partial charge in [0, 0.05) is 51.3 Å². The van der Waals surface area contributed by atoms with Gasteiger partial charge in [-0.3, -0.25) is 9.67 Å². The molecule has 1 aliphatic heterocycles. The molecule has 2 unspecified atom stereocenters. The van der Waals surface area contributed by atoms with E-state index in [1.165, 1.54) is 16.7 Å². The van der Waals surface area contributed by atoms with E-state index in [9.17, 15) is 0 Å². The molecule has 0 amide bonds. The second-order valence-corrected chi connectivity index (χ2v) is 7.39. The third-order valence-corrected chi connectivity index (χ3v) is 5.15. The molecule has 5 nitrogen and oxygen atoms in total. The Morgan fingerprint density at radius 2 is 2.27 bits per heavy atom. The number of rotatable bonds is 5. The van der Waals surface area contributed by atoms with Crippen LogP contribution in [-0.4, -0.2) is 46.8 Å². The van der Waals surface area contributed by atoms with Gasteiger partial charge in [-0.25, -0.2) is 0 Å². The predicted octanol–water partition coefficient (Wildman–Crippen LogP) is 3.29. The van der Waals surface area contributed by atoms with Crippen LogP contribution in [0.3, 0.4) is 0 Å². The quantitative estimate of drug-likeness (QED) is 0.663. The molecule has 0 saturated carbocycles. The monoisotopic (exact) mass is 353 g/mol. The van der Waals surface area contributed by atoms with Crippen molar-refractivity contribution in [1.82, 2.24) is 20.0 Å². The fraction of sp³-hybridized carbons (Fsp3) is 0.524. The molecule has 2 aromatic rings. The van der Waals surface area contributed by atoms with E-state index in [-0.39, 0.29) is 0 Å². The highest BCUT2D eigenvalue weighted by molar-refractivity contribution is 5.80. The molecule has 3 rings (SSSR count). The fourth-order valence-electron chi connectivity index (χ4n) is 3.61. The van der Waals surface area contributed by atoms with E-state index in [4.69, 9.17) is 4.99 Å². The first-order valence-electron chi connectivity index (χ1n) is 9.65. The molecule has 26 heavy (non-hydrogen) atoms. The molecular formula is C21H31N5. The van der Waals surface area contributed by atoms with Crippen LogP contribution in [0.1, 0.15) is 48.8 Å². The predicted molar refractivity (Wildman–Crippen MR) is 108 cm³/mol. The second-order valence-electron chi connectivity index (χ2n) is 7.39. The van der Waals surface area contributed by atoms with Crippen LogP contribution in [-0.2, 0) is 7.05 Å². The summed E-state index contributed by atoms with van der Waals surface area (Å²) in [5.74, 6) is 2.00. The highest BCUT2D eigenvalue weighted by Crippen LogP contribution is 2.27. The van der Waals surface area contributed by atoms with E-state index in [1.807, 2.05) is 17.9 Å². The van der Waals surface area contributed by atoms with E-state index in [0.717, 1.165) is 38.6 Å². The molecule has 1 N–H and O–H groups in total. The van der Waals surface area contributed by atoms with E-state index < -0.39 is 0 Å². The van der Waals surface area contributed by atoms with Gasteiger partial charge in [-0.15, -0.1) is 0 Å². The zero-order valence-electron chi connectivity index (χ0n) is 16.4. The van der Waals surface area contributed by atoms with Crippen LogP contribution in [0.5, 0.6) is 0 Å². The molecule has 2 atom stereocenters. The van der Waals surface area contributed by atoms with Crippen molar-refractivity contribution in [2.45, 2.75) is 39.0 Å². The van der Waals surface area contributed by atoms with Crippen molar-refractivity contribution in [2.75, 3.05) is 26.2 Å². The van der Waals surface area contributed by atoms with Gasteiger partial charge in [-0.1, -0.05) is 36.8 Å². The maximum Gasteiger partial charge on any atom is 0.193 e. The summed E-state index contributed by atoms with van der Waals surface area (Å²) in [7, 11) is 1.98. The third kappa shape index (κ3) is 4.45. The highest BCUT2D eigenvalue weighted by Gasteiger charge is 2.27. The van der Waals surface area contributed by atoms with Gasteiger partial charge in [-0.05, 0) is 31.4 Å². The minimum atomic E-state index is 0.417. The van der Waals surface area contributed by atoms with Crippen molar-refractivity contribution in [3.05, 3.63) is 53.3 Å². The van der Waals surface area contributed by atoms with Gasteiger partial charge in [0.05, 0.1) is 6.20 Å². The largest absolute Gasteiger partial charge is 0.357 e. The first-order valence-corrected chi connectivity index (χ1v) is 9.65. The van der Waals surface area contributed by atoms with Crippen LogP contribution in [0, 0.1) is 6.92 Å². The Morgan fingerprint density at radius 1 is 1.42 bits per heavy atom. The average Bonchev–Trinajstić information content (AvgIpc) is 3.27. The van der Waals surface area contributed by atoms with Crippen molar-refractivity contribution in [1.29, 1.82) is 0 Å². The van der Waals surface area contributed by atoms with E-state index >= 15 is 0 Å². The van der Waals surface area contributed by atoms with Crippen molar-refractivity contribution in [3.8, 4) is 0 Å². The lowest BCUT2D eigenvalue weighted by atomic mass is 10.00. The Balaban J connectivity index is 1.65. The second kappa shape index (κ2) is 8.39. The summed E-state index contributed by atoms with van der Waals surface area (Å²) in [6, 6.07) is 8.75. The van der Waals surface area contributed by atoms with E-state index in [1.54, 1.807) is 0 Å². The Bertz CT molecular complexity index is 748. The van der Waals surface area contributed by atoms with Gasteiger partial charge in [0.1, 0.15) is 0 Å². The molecule has 1 fully saturated rings. The molecule has 140 valence electrons. The number of nitrogens with one attached hydrogen (secondary N) is 1.